The Hall–Kier alpha value is -3.45. The van der Waals surface area contributed by atoms with Crippen LogP contribution in [0.4, 0.5) is 5.69 Å². The van der Waals surface area contributed by atoms with Gasteiger partial charge in [0.1, 0.15) is 0 Å². The molecule has 0 atom stereocenters. The number of rotatable bonds is 7. The summed E-state index contributed by atoms with van der Waals surface area (Å²) in [5.74, 6) is 1.19. The Kier molecular flexibility index (Phi) is 7.12. The molecule has 0 aliphatic rings. The quantitative estimate of drug-likeness (QED) is 0.329. The number of pyridine rings is 1. The summed E-state index contributed by atoms with van der Waals surface area (Å²) in [6, 6.07) is 16.2. The van der Waals surface area contributed by atoms with Crippen molar-refractivity contribution in [1.29, 1.82) is 0 Å². The minimum absolute atomic E-state index is 0.0682. The maximum absolute atomic E-state index is 12.9. The molecule has 0 radical (unpaired) electrons. The Balaban J connectivity index is 1.62. The number of para-hydroxylation sites is 1. The number of thioether (sulfide) groups is 1. The van der Waals surface area contributed by atoms with Crippen molar-refractivity contribution < 1.29 is 4.79 Å². The maximum atomic E-state index is 12.9. The Morgan fingerprint density at radius 3 is 2.44 bits per heavy atom. The molecule has 174 valence electrons. The molecule has 0 unspecified atom stereocenters. The fraction of sp³-hybridized carbons (Fsp3) is 0.259. The summed E-state index contributed by atoms with van der Waals surface area (Å²) in [6.07, 6.45) is 3.48. The van der Waals surface area contributed by atoms with E-state index < -0.39 is 0 Å². The molecule has 34 heavy (non-hydrogen) atoms. The van der Waals surface area contributed by atoms with Crippen molar-refractivity contribution in [1.82, 2.24) is 19.7 Å². The van der Waals surface area contributed by atoms with Crippen LogP contribution in [-0.4, -0.2) is 31.4 Å². The lowest BCUT2D eigenvalue weighted by Gasteiger charge is -2.16. The topological polar surface area (TPSA) is 72.7 Å². The minimum Gasteiger partial charge on any atom is -0.325 e. The molecule has 1 N–H and O–H groups in total. The third-order valence-electron chi connectivity index (χ3n) is 5.84. The normalized spacial score (nSPS) is 11.1. The summed E-state index contributed by atoms with van der Waals surface area (Å²) >= 11 is 1.38. The largest absolute Gasteiger partial charge is 0.325 e. The van der Waals surface area contributed by atoms with Crippen LogP contribution in [0.3, 0.4) is 0 Å². The average Bonchev–Trinajstić information content (AvgIpc) is 3.25. The van der Waals surface area contributed by atoms with Crippen LogP contribution in [0.1, 0.15) is 42.0 Å². The number of nitrogens with zero attached hydrogens (tertiary/aromatic N) is 4. The van der Waals surface area contributed by atoms with Gasteiger partial charge in [-0.05, 0) is 73.2 Å². The number of hydrogen-bond acceptors (Lipinski definition) is 5. The average molecular weight is 472 g/mol. The van der Waals surface area contributed by atoms with Gasteiger partial charge in [-0.2, -0.15) is 0 Å². The van der Waals surface area contributed by atoms with Gasteiger partial charge in [0.15, 0.2) is 11.0 Å². The Morgan fingerprint density at radius 1 is 0.971 bits per heavy atom. The summed E-state index contributed by atoms with van der Waals surface area (Å²) < 4.78 is 2.01. The van der Waals surface area contributed by atoms with E-state index in [1.807, 2.05) is 35.8 Å². The fourth-order valence-corrected chi connectivity index (χ4v) is 4.55. The third kappa shape index (κ3) is 5.04. The number of carbonyl (C=O) groups excluding carboxylic acids is 1. The number of carbonyl (C=O) groups is 1. The SMILES string of the molecule is Cc1ccc(-n2c(SCC(=O)Nc3c(C)cccc3C(C)C)nnc2-c2ccncc2)cc1C. The van der Waals surface area contributed by atoms with Gasteiger partial charge in [0.2, 0.25) is 5.91 Å². The van der Waals surface area contributed by atoms with Gasteiger partial charge < -0.3 is 5.32 Å². The second-order valence-electron chi connectivity index (χ2n) is 8.68. The first-order valence-corrected chi connectivity index (χ1v) is 12.3. The van der Waals surface area contributed by atoms with E-state index in [4.69, 9.17) is 0 Å². The number of aromatic nitrogens is 4. The lowest BCUT2D eigenvalue weighted by molar-refractivity contribution is -0.113. The standard InChI is InChI=1S/C27H29N5OS/c1-17(2)23-8-6-7-19(4)25(23)29-24(33)16-34-27-31-30-26(21-11-13-28-14-12-21)32(27)22-10-9-18(3)20(5)15-22/h6-15,17H,16H2,1-5H3,(H,29,33). The van der Waals surface area contributed by atoms with E-state index in [0.717, 1.165) is 33.9 Å². The second kappa shape index (κ2) is 10.2. The lowest BCUT2D eigenvalue weighted by Crippen LogP contribution is -2.17. The first-order chi connectivity index (χ1) is 16.3. The van der Waals surface area contributed by atoms with Gasteiger partial charge in [-0.25, -0.2) is 0 Å². The Morgan fingerprint density at radius 2 is 1.74 bits per heavy atom. The van der Waals surface area contributed by atoms with Gasteiger partial charge in [0, 0.05) is 23.6 Å². The molecule has 2 aromatic carbocycles. The van der Waals surface area contributed by atoms with Crippen molar-refractivity contribution in [3.63, 3.8) is 0 Å². The van der Waals surface area contributed by atoms with E-state index >= 15 is 0 Å². The van der Waals surface area contributed by atoms with E-state index in [-0.39, 0.29) is 11.7 Å². The van der Waals surface area contributed by atoms with Gasteiger partial charge in [-0.15, -0.1) is 10.2 Å². The van der Waals surface area contributed by atoms with E-state index in [2.05, 4.69) is 72.5 Å². The molecule has 2 aromatic heterocycles. The molecule has 0 spiro atoms. The van der Waals surface area contributed by atoms with Gasteiger partial charge in [-0.1, -0.05) is 49.9 Å². The molecule has 4 aromatic rings. The number of anilines is 1. The zero-order valence-corrected chi connectivity index (χ0v) is 21.0. The van der Waals surface area contributed by atoms with Crippen LogP contribution in [0, 0.1) is 20.8 Å². The van der Waals surface area contributed by atoms with Crippen LogP contribution < -0.4 is 5.32 Å². The van der Waals surface area contributed by atoms with Gasteiger partial charge in [0.05, 0.1) is 11.4 Å². The molecule has 0 aliphatic carbocycles. The molecule has 0 bridgehead atoms. The predicted molar refractivity (Wildman–Crippen MR) is 139 cm³/mol. The zero-order valence-electron chi connectivity index (χ0n) is 20.2. The lowest BCUT2D eigenvalue weighted by atomic mass is 9.98. The van der Waals surface area contributed by atoms with E-state index in [1.54, 1.807) is 12.4 Å². The van der Waals surface area contributed by atoms with Gasteiger partial charge >= 0.3 is 0 Å². The number of aryl methyl sites for hydroxylation is 3. The Labute approximate surface area is 204 Å². The smallest absolute Gasteiger partial charge is 0.234 e. The first kappa shape index (κ1) is 23.7. The molecule has 0 saturated carbocycles. The highest BCUT2D eigenvalue weighted by atomic mass is 32.2. The number of amides is 1. The van der Waals surface area contributed by atoms with Gasteiger partial charge in [0.25, 0.3) is 0 Å². The molecule has 6 nitrogen and oxygen atoms in total. The molecular weight excluding hydrogens is 442 g/mol. The van der Waals surface area contributed by atoms with Gasteiger partial charge in [-0.3, -0.25) is 14.3 Å². The van der Waals surface area contributed by atoms with Crippen molar-refractivity contribution in [2.24, 2.45) is 0 Å². The molecule has 0 aliphatic heterocycles. The van der Waals surface area contributed by atoms with Crippen LogP contribution in [0.25, 0.3) is 17.1 Å². The highest BCUT2D eigenvalue weighted by Gasteiger charge is 2.19. The summed E-state index contributed by atoms with van der Waals surface area (Å²) in [6.45, 7) is 10.5. The summed E-state index contributed by atoms with van der Waals surface area (Å²) in [7, 11) is 0. The monoisotopic (exact) mass is 471 g/mol. The highest BCUT2D eigenvalue weighted by molar-refractivity contribution is 7.99. The first-order valence-electron chi connectivity index (χ1n) is 11.3. The van der Waals surface area contributed by atoms with Crippen molar-refractivity contribution in [2.45, 2.75) is 45.7 Å². The maximum Gasteiger partial charge on any atom is 0.234 e. The van der Waals surface area contributed by atoms with Crippen LogP contribution in [-0.2, 0) is 4.79 Å². The Bertz CT molecular complexity index is 1310. The minimum atomic E-state index is -0.0682. The van der Waals surface area contributed by atoms with E-state index in [9.17, 15) is 4.79 Å². The number of benzene rings is 2. The van der Waals surface area contributed by atoms with Crippen molar-refractivity contribution in [3.8, 4) is 17.1 Å². The zero-order chi connectivity index (χ0) is 24.2. The molecule has 1 amide bonds. The molecular formula is C27H29N5OS. The van der Waals surface area contributed by atoms with E-state index in [1.165, 1.54) is 22.9 Å². The third-order valence-corrected chi connectivity index (χ3v) is 6.77. The van der Waals surface area contributed by atoms with Crippen molar-refractivity contribution >= 4 is 23.4 Å². The molecule has 2 heterocycles. The van der Waals surface area contributed by atoms with Crippen LogP contribution in [0.5, 0.6) is 0 Å². The summed E-state index contributed by atoms with van der Waals surface area (Å²) in [4.78, 5) is 17.1. The molecule has 0 saturated heterocycles. The van der Waals surface area contributed by atoms with Crippen LogP contribution >= 0.6 is 11.8 Å². The highest BCUT2D eigenvalue weighted by Crippen LogP contribution is 2.30. The molecule has 0 fully saturated rings. The van der Waals surface area contributed by atoms with Crippen LogP contribution in [0.2, 0.25) is 0 Å². The molecule has 4 rings (SSSR count). The van der Waals surface area contributed by atoms with Crippen LogP contribution in [0.15, 0.2) is 66.1 Å². The van der Waals surface area contributed by atoms with E-state index in [0.29, 0.717) is 11.1 Å². The van der Waals surface area contributed by atoms with Crippen molar-refractivity contribution in [3.05, 3.63) is 83.2 Å². The summed E-state index contributed by atoms with van der Waals surface area (Å²) in [5.41, 5.74) is 7.37. The summed E-state index contributed by atoms with van der Waals surface area (Å²) in [5, 5.41) is 12.7. The second-order valence-corrected chi connectivity index (χ2v) is 9.62. The number of hydrogen-bond donors (Lipinski definition) is 1. The number of nitrogens with one attached hydrogen (secondary N) is 1. The predicted octanol–water partition coefficient (Wildman–Crippen LogP) is 6.11. The molecule has 7 heteroatoms. The van der Waals surface area contributed by atoms with Crippen molar-refractivity contribution in [2.75, 3.05) is 11.1 Å². The fourth-order valence-electron chi connectivity index (χ4n) is 3.80.